The molecule has 5 heteroatoms. The van der Waals surface area contributed by atoms with Crippen molar-refractivity contribution >= 4 is 29.3 Å². The number of carbonyl (C=O) groups excluding carboxylic acids is 2. The lowest BCUT2D eigenvalue weighted by molar-refractivity contribution is -0.116. The van der Waals surface area contributed by atoms with Crippen molar-refractivity contribution in [1.82, 2.24) is 0 Å². The van der Waals surface area contributed by atoms with Gasteiger partial charge in [-0.1, -0.05) is 42.5 Å². The Bertz CT molecular complexity index is 696. The number of hydrogen-bond acceptors (Lipinski definition) is 3. The van der Waals surface area contributed by atoms with Crippen LogP contribution in [0.5, 0.6) is 0 Å². The summed E-state index contributed by atoms with van der Waals surface area (Å²) in [6.45, 7) is 0.278. The molecule has 0 aliphatic heterocycles. The van der Waals surface area contributed by atoms with Crippen molar-refractivity contribution in [3.63, 3.8) is 0 Å². The fourth-order valence-electron chi connectivity index (χ4n) is 1.96. The summed E-state index contributed by atoms with van der Waals surface area (Å²) in [6.07, 6.45) is 3.41. The molecule has 0 heterocycles. The first-order chi connectivity index (χ1) is 11.2. The Kier molecular flexibility index (Phi) is 6.08. The van der Waals surface area contributed by atoms with Crippen LogP contribution >= 0.6 is 0 Å². The highest BCUT2D eigenvalue weighted by molar-refractivity contribution is 6.05. The van der Waals surface area contributed by atoms with E-state index in [1.54, 1.807) is 30.3 Å². The van der Waals surface area contributed by atoms with Crippen molar-refractivity contribution in [3.05, 3.63) is 66.2 Å². The van der Waals surface area contributed by atoms with Crippen LogP contribution in [0.2, 0.25) is 0 Å². The van der Waals surface area contributed by atoms with Gasteiger partial charge in [-0.05, 0) is 23.8 Å². The van der Waals surface area contributed by atoms with Gasteiger partial charge >= 0.3 is 0 Å². The van der Waals surface area contributed by atoms with Crippen LogP contribution in [0.4, 0.5) is 11.4 Å². The molecule has 0 bridgehead atoms. The van der Waals surface area contributed by atoms with E-state index in [1.165, 1.54) is 6.08 Å². The number of nitrogens with two attached hydrogens (primary N) is 1. The number of nitrogens with one attached hydrogen (secondary N) is 2. The van der Waals surface area contributed by atoms with Gasteiger partial charge in [-0.15, -0.1) is 0 Å². The second kappa shape index (κ2) is 8.51. The topological polar surface area (TPSA) is 84.2 Å². The third-order valence-electron chi connectivity index (χ3n) is 3.06. The third kappa shape index (κ3) is 5.41. The molecule has 0 aromatic heterocycles. The minimum Gasteiger partial charge on any atom is -0.330 e. The van der Waals surface area contributed by atoms with E-state index in [4.69, 9.17) is 5.73 Å². The van der Waals surface area contributed by atoms with Crippen LogP contribution < -0.4 is 16.4 Å². The molecule has 4 N–H and O–H groups in total. The van der Waals surface area contributed by atoms with Crippen molar-refractivity contribution in [2.24, 2.45) is 5.73 Å². The molecule has 2 amide bonds. The standard InChI is InChI=1S/C18H19N3O2/c19-13-12-18(23)21-16-9-5-4-8-15(16)20-17(22)11-10-14-6-2-1-3-7-14/h1-11H,12-13,19H2,(H,20,22)(H,21,23)/b11-10+. The van der Waals surface area contributed by atoms with E-state index < -0.39 is 0 Å². The van der Waals surface area contributed by atoms with Gasteiger partial charge in [0.05, 0.1) is 11.4 Å². The average molecular weight is 309 g/mol. The van der Waals surface area contributed by atoms with Crippen molar-refractivity contribution in [2.45, 2.75) is 6.42 Å². The molecule has 2 aromatic carbocycles. The Labute approximate surface area is 135 Å². The first-order valence-corrected chi connectivity index (χ1v) is 7.32. The van der Waals surface area contributed by atoms with Crippen molar-refractivity contribution in [2.75, 3.05) is 17.2 Å². The second-order valence-electron chi connectivity index (χ2n) is 4.87. The molecule has 0 spiro atoms. The summed E-state index contributed by atoms with van der Waals surface area (Å²) in [5.74, 6) is -0.455. The Morgan fingerprint density at radius 1 is 0.913 bits per heavy atom. The van der Waals surface area contributed by atoms with Crippen LogP contribution in [0.15, 0.2) is 60.7 Å². The number of hydrogen-bond donors (Lipinski definition) is 3. The molecule has 0 saturated carbocycles. The van der Waals surface area contributed by atoms with E-state index in [0.29, 0.717) is 11.4 Å². The number of para-hydroxylation sites is 2. The van der Waals surface area contributed by atoms with Crippen LogP contribution in [0, 0.1) is 0 Å². The lowest BCUT2D eigenvalue weighted by Gasteiger charge is -2.11. The number of anilines is 2. The van der Waals surface area contributed by atoms with Crippen molar-refractivity contribution in [3.8, 4) is 0 Å². The highest BCUT2D eigenvalue weighted by atomic mass is 16.2. The number of benzene rings is 2. The molecule has 0 saturated heterocycles. The lowest BCUT2D eigenvalue weighted by Crippen LogP contribution is -2.18. The van der Waals surface area contributed by atoms with Gasteiger partial charge in [0.25, 0.3) is 0 Å². The monoisotopic (exact) mass is 309 g/mol. The van der Waals surface area contributed by atoms with Gasteiger partial charge in [-0.25, -0.2) is 0 Å². The molecule has 118 valence electrons. The second-order valence-corrected chi connectivity index (χ2v) is 4.87. The van der Waals surface area contributed by atoms with E-state index in [0.717, 1.165) is 5.56 Å². The van der Waals surface area contributed by atoms with Crippen LogP contribution in [0.1, 0.15) is 12.0 Å². The summed E-state index contributed by atoms with van der Waals surface area (Å²) in [6, 6.07) is 16.6. The summed E-state index contributed by atoms with van der Waals surface area (Å²) in [7, 11) is 0. The largest absolute Gasteiger partial charge is 0.330 e. The first kappa shape index (κ1) is 16.5. The SMILES string of the molecule is NCCC(=O)Nc1ccccc1NC(=O)/C=C/c1ccccc1. The summed E-state index contributed by atoms with van der Waals surface area (Å²) < 4.78 is 0. The zero-order valence-corrected chi connectivity index (χ0v) is 12.7. The Morgan fingerprint density at radius 3 is 2.17 bits per heavy atom. The fraction of sp³-hybridized carbons (Fsp3) is 0.111. The summed E-state index contributed by atoms with van der Waals surface area (Å²) >= 11 is 0. The Hall–Kier alpha value is -2.92. The van der Waals surface area contributed by atoms with E-state index >= 15 is 0 Å². The van der Waals surface area contributed by atoms with Crippen LogP contribution in [-0.2, 0) is 9.59 Å². The maximum Gasteiger partial charge on any atom is 0.248 e. The minimum atomic E-state index is -0.269. The van der Waals surface area contributed by atoms with Gasteiger partial charge in [-0.3, -0.25) is 9.59 Å². The molecule has 0 unspecified atom stereocenters. The molecule has 23 heavy (non-hydrogen) atoms. The molecule has 0 fully saturated rings. The quantitative estimate of drug-likeness (QED) is 0.717. The van der Waals surface area contributed by atoms with Crippen molar-refractivity contribution in [1.29, 1.82) is 0 Å². The highest BCUT2D eigenvalue weighted by Gasteiger charge is 2.07. The minimum absolute atomic E-state index is 0.186. The van der Waals surface area contributed by atoms with E-state index in [1.807, 2.05) is 30.3 Å². The smallest absolute Gasteiger partial charge is 0.248 e. The molecule has 5 nitrogen and oxygen atoms in total. The summed E-state index contributed by atoms with van der Waals surface area (Å²) in [5.41, 5.74) is 7.38. The predicted octanol–water partition coefficient (Wildman–Crippen LogP) is 2.63. The fourth-order valence-corrected chi connectivity index (χ4v) is 1.96. The maximum absolute atomic E-state index is 12.0. The first-order valence-electron chi connectivity index (χ1n) is 7.32. The van der Waals surface area contributed by atoms with Crippen LogP contribution in [0.3, 0.4) is 0 Å². The third-order valence-corrected chi connectivity index (χ3v) is 3.06. The lowest BCUT2D eigenvalue weighted by atomic mass is 10.2. The summed E-state index contributed by atoms with van der Waals surface area (Å²) in [4.78, 5) is 23.7. The van der Waals surface area contributed by atoms with E-state index in [-0.39, 0.29) is 24.8 Å². The van der Waals surface area contributed by atoms with Crippen LogP contribution in [0.25, 0.3) is 6.08 Å². The average Bonchev–Trinajstić information content (AvgIpc) is 2.56. The zero-order chi connectivity index (χ0) is 16.5. The van der Waals surface area contributed by atoms with Crippen LogP contribution in [-0.4, -0.2) is 18.4 Å². The van der Waals surface area contributed by atoms with Gasteiger partial charge in [0, 0.05) is 19.0 Å². The molecule has 2 rings (SSSR count). The highest BCUT2D eigenvalue weighted by Crippen LogP contribution is 2.21. The van der Waals surface area contributed by atoms with E-state index in [2.05, 4.69) is 10.6 Å². The Morgan fingerprint density at radius 2 is 1.52 bits per heavy atom. The van der Waals surface area contributed by atoms with Crippen molar-refractivity contribution < 1.29 is 9.59 Å². The summed E-state index contributed by atoms with van der Waals surface area (Å²) in [5, 5.41) is 5.49. The number of carbonyl (C=O) groups is 2. The molecule has 0 atom stereocenters. The number of rotatable bonds is 6. The molecule has 0 aliphatic rings. The Balaban J connectivity index is 2.03. The molecular formula is C18H19N3O2. The van der Waals surface area contributed by atoms with Gasteiger partial charge < -0.3 is 16.4 Å². The van der Waals surface area contributed by atoms with Gasteiger partial charge in [-0.2, -0.15) is 0 Å². The van der Waals surface area contributed by atoms with Gasteiger partial charge in [0.1, 0.15) is 0 Å². The zero-order valence-electron chi connectivity index (χ0n) is 12.7. The predicted molar refractivity (Wildman–Crippen MR) is 92.8 cm³/mol. The molecule has 2 aromatic rings. The van der Waals surface area contributed by atoms with Gasteiger partial charge in [0.15, 0.2) is 0 Å². The molecule has 0 radical (unpaired) electrons. The maximum atomic E-state index is 12.0. The molecule has 0 aliphatic carbocycles. The van der Waals surface area contributed by atoms with Gasteiger partial charge in [0.2, 0.25) is 11.8 Å². The molecular weight excluding hydrogens is 290 g/mol. The number of amides is 2. The normalized spacial score (nSPS) is 10.5. The van der Waals surface area contributed by atoms with E-state index in [9.17, 15) is 9.59 Å².